The Morgan fingerprint density at radius 1 is 1.10 bits per heavy atom. The zero-order valence-corrected chi connectivity index (χ0v) is 12.8. The lowest BCUT2D eigenvalue weighted by molar-refractivity contribution is 0.0951. The number of benzene rings is 2. The predicted octanol–water partition coefficient (Wildman–Crippen LogP) is 2.97. The van der Waals surface area contributed by atoms with Gasteiger partial charge in [0.15, 0.2) is 0 Å². The number of carbonyl (C=O) groups is 1. The fraction of sp³-hybridized carbons (Fsp3) is 0.235. The van der Waals surface area contributed by atoms with Crippen LogP contribution in [0.5, 0.6) is 0 Å². The molecule has 0 aliphatic rings. The molecule has 0 radical (unpaired) electrons. The predicted molar refractivity (Wildman–Crippen MR) is 87.2 cm³/mol. The van der Waals surface area contributed by atoms with Gasteiger partial charge < -0.3 is 10.4 Å². The molecule has 2 aromatic carbocycles. The first kappa shape index (κ1) is 15.6. The lowest BCUT2D eigenvalue weighted by atomic mass is 10.1. The molecule has 0 unspecified atom stereocenters. The SMILES string of the molecule is CSCc1cccc(C(=O)NCc2ccc(CO)cc2)c1. The van der Waals surface area contributed by atoms with Gasteiger partial charge in [0.05, 0.1) is 6.61 Å². The number of hydrogen-bond donors (Lipinski definition) is 2. The van der Waals surface area contributed by atoms with Crippen LogP contribution >= 0.6 is 11.8 Å². The van der Waals surface area contributed by atoms with Crippen molar-refractivity contribution < 1.29 is 9.90 Å². The van der Waals surface area contributed by atoms with Crippen molar-refractivity contribution in [3.05, 3.63) is 70.8 Å². The van der Waals surface area contributed by atoms with Crippen molar-refractivity contribution >= 4 is 17.7 Å². The van der Waals surface area contributed by atoms with E-state index in [1.54, 1.807) is 11.8 Å². The zero-order chi connectivity index (χ0) is 15.1. The van der Waals surface area contributed by atoms with Crippen molar-refractivity contribution in [1.29, 1.82) is 0 Å². The normalized spacial score (nSPS) is 10.4. The Hall–Kier alpha value is -1.78. The van der Waals surface area contributed by atoms with Gasteiger partial charge in [-0.15, -0.1) is 0 Å². The van der Waals surface area contributed by atoms with E-state index in [1.165, 1.54) is 0 Å². The largest absolute Gasteiger partial charge is 0.392 e. The Morgan fingerprint density at radius 2 is 1.81 bits per heavy atom. The number of aliphatic hydroxyl groups is 1. The molecule has 3 nitrogen and oxygen atoms in total. The number of amides is 1. The summed E-state index contributed by atoms with van der Waals surface area (Å²) in [7, 11) is 0. The van der Waals surface area contributed by atoms with Crippen molar-refractivity contribution in [3.63, 3.8) is 0 Å². The van der Waals surface area contributed by atoms with Crippen LogP contribution in [0.2, 0.25) is 0 Å². The molecule has 2 N–H and O–H groups in total. The molecule has 0 aromatic heterocycles. The Kier molecular flexibility index (Phi) is 5.84. The number of carbonyl (C=O) groups excluding carboxylic acids is 1. The summed E-state index contributed by atoms with van der Waals surface area (Å²) in [6.45, 7) is 0.520. The van der Waals surface area contributed by atoms with E-state index in [4.69, 9.17) is 5.11 Å². The van der Waals surface area contributed by atoms with E-state index in [1.807, 2.05) is 54.8 Å². The molecule has 0 atom stereocenters. The Bertz CT molecular complexity index is 596. The molecule has 0 bridgehead atoms. The second-order valence-electron chi connectivity index (χ2n) is 4.79. The molecule has 2 aromatic rings. The molecule has 0 saturated carbocycles. The van der Waals surface area contributed by atoms with Gasteiger partial charge in [-0.2, -0.15) is 11.8 Å². The van der Waals surface area contributed by atoms with Crippen LogP contribution in [0.15, 0.2) is 48.5 Å². The van der Waals surface area contributed by atoms with Crippen LogP contribution in [0.4, 0.5) is 0 Å². The fourth-order valence-corrected chi connectivity index (χ4v) is 2.53. The third-order valence-corrected chi connectivity index (χ3v) is 3.78. The van der Waals surface area contributed by atoms with E-state index in [0.29, 0.717) is 12.1 Å². The van der Waals surface area contributed by atoms with Gasteiger partial charge in [-0.3, -0.25) is 4.79 Å². The Morgan fingerprint density at radius 3 is 2.48 bits per heavy atom. The summed E-state index contributed by atoms with van der Waals surface area (Å²) in [6.07, 6.45) is 2.04. The van der Waals surface area contributed by atoms with Crippen LogP contribution in [-0.2, 0) is 18.9 Å². The minimum absolute atomic E-state index is 0.0366. The van der Waals surface area contributed by atoms with Crippen LogP contribution in [0.25, 0.3) is 0 Å². The first-order valence-electron chi connectivity index (χ1n) is 6.77. The van der Waals surface area contributed by atoms with Crippen molar-refractivity contribution in [2.75, 3.05) is 6.26 Å². The van der Waals surface area contributed by atoms with Crippen molar-refractivity contribution in [2.45, 2.75) is 18.9 Å². The van der Waals surface area contributed by atoms with Gasteiger partial charge in [-0.25, -0.2) is 0 Å². The molecular formula is C17H19NO2S. The van der Waals surface area contributed by atoms with E-state index in [2.05, 4.69) is 5.32 Å². The Balaban J connectivity index is 1.95. The van der Waals surface area contributed by atoms with Gasteiger partial charge >= 0.3 is 0 Å². The van der Waals surface area contributed by atoms with Crippen LogP contribution < -0.4 is 5.32 Å². The van der Waals surface area contributed by atoms with Crippen molar-refractivity contribution in [1.82, 2.24) is 5.32 Å². The molecule has 110 valence electrons. The summed E-state index contributed by atoms with van der Waals surface area (Å²) in [4.78, 5) is 12.1. The average Bonchev–Trinajstić information content (AvgIpc) is 2.53. The number of hydrogen-bond acceptors (Lipinski definition) is 3. The van der Waals surface area contributed by atoms with Crippen LogP contribution in [-0.4, -0.2) is 17.3 Å². The summed E-state index contributed by atoms with van der Waals surface area (Å²) in [5.41, 5.74) is 3.73. The van der Waals surface area contributed by atoms with E-state index in [0.717, 1.165) is 22.4 Å². The average molecular weight is 301 g/mol. The summed E-state index contributed by atoms with van der Waals surface area (Å²) in [5, 5.41) is 11.9. The first-order chi connectivity index (χ1) is 10.2. The van der Waals surface area contributed by atoms with E-state index < -0.39 is 0 Å². The minimum Gasteiger partial charge on any atom is -0.392 e. The Labute approximate surface area is 129 Å². The second kappa shape index (κ2) is 7.86. The first-order valence-corrected chi connectivity index (χ1v) is 8.17. The molecule has 2 rings (SSSR count). The van der Waals surface area contributed by atoms with Gasteiger partial charge in [-0.05, 0) is 35.1 Å². The van der Waals surface area contributed by atoms with E-state index in [-0.39, 0.29) is 12.5 Å². The van der Waals surface area contributed by atoms with Gasteiger partial charge in [-0.1, -0.05) is 36.4 Å². The molecule has 0 aliphatic heterocycles. The number of thioether (sulfide) groups is 1. The highest BCUT2D eigenvalue weighted by molar-refractivity contribution is 7.97. The summed E-state index contributed by atoms with van der Waals surface area (Å²) in [6, 6.07) is 15.2. The third kappa shape index (κ3) is 4.62. The molecule has 0 fully saturated rings. The van der Waals surface area contributed by atoms with Gasteiger partial charge in [0.25, 0.3) is 5.91 Å². The highest BCUT2D eigenvalue weighted by atomic mass is 32.2. The van der Waals surface area contributed by atoms with Gasteiger partial charge in [0, 0.05) is 17.9 Å². The van der Waals surface area contributed by atoms with Gasteiger partial charge in [0.2, 0.25) is 0 Å². The summed E-state index contributed by atoms with van der Waals surface area (Å²) >= 11 is 1.74. The maximum atomic E-state index is 12.1. The van der Waals surface area contributed by atoms with Gasteiger partial charge in [0.1, 0.15) is 0 Å². The quantitative estimate of drug-likeness (QED) is 0.862. The highest BCUT2D eigenvalue weighted by Crippen LogP contribution is 2.11. The molecule has 0 aliphatic carbocycles. The number of rotatable bonds is 6. The molecular weight excluding hydrogens is 282 g/mol. The lowest BCUT2D eigenvalue weighted by Gasteiger charge is -2.07. The molecule has 0 saturated heterocycles. The number of nitrogens with one attached hydrogen (secondary N) is 1. The van der Waals surface area contributed by atoms with E-state index in [9.17, 15) is 4.79 Å². The highest BCUT2D eigenvalue weighted by Gasteiger charge is 2.06. The molecule has 0 spiro atoms. The second-order valence-corrected chi connectivity index (χ2v) is 5.66. The minimum atomic E-state index is -0.0656. The lowest BCUT2D eigenvalue weighted by Crippen LogP contribution is -2.22. The number of aliphatic hydroxyl groups excluding tert-OH is 1. The third-order valence-electron chi connectivity index (χ3n) is 3.16. The topological polar surface area (TPSA) is 49.3 Å². The van der Waals surface area contributed by atoms with Crippen LogP contribution in [0.3, 0.4) is 0 Å². The zero-order valence-electron chi connectivity index (χ0n) is 12.0. The molecule has 1 amide bonds. The fourth-order valence-electron chi connectivity index (χ4n) is 2.02. The summed E-state index contributed by atoms with van der Waals surface area (Å²) in [5.74, 6) is 0.841. The molecule has 21 heavy (non-hydrogen) atoms. The molecule has 0 heterocycles. The maximum absolute atomic E-state index is 12.1. The molecule has 4 heteroatoms. The standard InChI is InChI=1S/C17H19NO2S/c1-21-12-15-3-2-4-16(9-15)17(20)18-10-13-5-7-14(11-19)8-6-13/h2-9,19H,10-12H2,1H3,(H,18,20). The van der Waals surface area contributed by atoms with Crippen LogP contribution in [0.1, 0.15) is 27.0 Å². The van der Waals surface area contributed by atoms with Crippen LogP contribution in [0, 0.1) is 0 Å². The summed E-state index contributed by atoms with van der Waals surface area (Å²) < 4.78 is 0. The smallest absolute Gasteiger partial charge is 0.251 e. The monoisotopic (exact) mass is 301 g/mol. The van der Waals surface area contributed by atoms with Crippen molar-refractivity contribution in [3.8, 4) is 0 Å². The van der Waals surface area contributed by atoms with Crippen molar-refractivity contribution in [2.24, 2.45) is 0 Å². The van der Waals surface area contributed by atoms with E-state index >= 15 is 0 Å². The maximum Gasteiger partial charge on any atom is 0.251 e.